The lowest BCUT2D eigenvalue weighted by molar-refractivity contribution is 0.0122. The zero-order valence-corrected chi connectivity index (χ0v) is 8.53. The van der Waals surface area contributed by atoms with Crippen LogP contribution in [0.2, 0.25) is 0 Å². The molecule has 3 nitrogen and oxygen atoms in total. The molecule has 0 aliphatic carbocycles. The average Bonchev–Trinajstić information content (AvgIpc) is 2.14. The third kappa shape index (κ3) is 4.30. The number of hydrogen-bond donors (Lipinski definition) is 1. The second kappa shape index (κ2) is 6.71. The van der Waals surface area contributed by atoms with Gasteiger partial charge in [0.15, 0.2) is 0 Å². The standard InChI is InChI=1S/C8H18N2OS/c1-12-8-2-3-9-10-4-6-11-7-5-10/h9H,2-8H2,1H3. The van der Waals surface area contributed by atoms with Crippen LogP contribution in [0.5, 0.6) is 0 Å². The van der Waals surface area contributed by atoms with Crippen molar-refractivity contribution in [3.8, 4) is 0 Å². The predicted molar refractivity (Wildman–Crippen MR) is 53.4 cm³/mol. The Balaban J connectivity index is 1.91. The maximum absolute atomic E-state index is 5.24. The van der Waals surface area contributed by atoms with E-state index in [0.29, 0.717) is 0 Å². The number of thioether (sulfide) groups is 1. The summed E-state index contributed by atoms with van der Waals surface area (Å²) in [6.45, 7) is 4.89. The summed E-state index contributed by atoms with van der Waals surface area (Å²) in [4.78, 5) is 0. The molecule has 1 N–H and O–H groups in total. The summed E-state index contributed by atoms with van der Waals surface area (Å²) in [6.07, 6.45) is 3.40. The number of hydrogen-bond acceptors (Lipinski definition) is 4. The summed E-state index contributed by atoms with van der Waals surface area (Å²) < 4.78 is 5.24. The molecule has 4 heteroatoms. The fourth-order valence-corrected chi connectivity index (χ4v) is 1.61. The van der Waals surface area contributed by atoms with Crippen LogP contribution in [0.25, 0.3) is 0 Å². The van der Waals surface area contributed by atoms with E-state index in [-0.39, 0.29) is 0 Å². The first-order valence-corrected chi connectivity index (χ1v) is 5.88. The second-order valence-corrected chi connectivity index (χ2v) is 3.84. The highest BCUT2D eigenvalue weighted by atomic mass is 32.2. The SMILES string of the molecule is CSCCCNN1CCOCC1. The minimum Gasteiger partial charge on any atom is -0.379 e. The van der Waals surface area contributed by atoms with E-state index in [4.69, 9.17) is 4.74 Å². The maximum Gasteiger partial charge on any atom is 0.0608 e. The monoisotopic (exact) mass is 190 g/mol. The van der Waals surface area contributed by atoms with E-state index < -0.39 is 0 Å². The Kier molecular flexibility index (Phi) is 5.77. The lowest BCUT2D eigenvalue weighted by atomic mass is 10.5. The van der Waals surface area contributed by atoms with Gasteiger partial charge in [0, 0.05) is 19.6 Å². The Morgan fingerprint density at radius 2 is 2.17 bits per heavy atom. The van der Waals surface area contributed by atoms with Crippen molar-refractivity contribution < 1.29 is 4.74 Å². The molecule has 1 rings (SSSR count). The normalized spacial score (nSPS) is 19.8. The van der Waals surface area contributed by atoms with Crippen molar-refractivity contribution in [3.63, 3.8) is 0 Å². The molecule has 0 unspecified atom stereocenters. The van der Waals surface area contributed by atoms with Crippen molar-refractivity contribution in [2.45, 2.75) is 6.42 Å². The Labute approximate surface area is 78.8 Å². The van der Waals surface area contributed by atoms with Gasteiger partial charge in [-0.1, -0.05) is 0 Å². The van der Waals surface area contributed by atoms with E-state index in [0.717, 1.165) is 32.8 Å². The summed E-state index contributed by atoms with van der Waals surface area (Å²) >= 11 is 1.91. The molecule has 0 saturated carbocycles. The van der Waals surface area contributed by atoms with Crippen molar-refractivity contribution >= 4 is 11.8 Å². The molecule has 0 bridgehead atoms. The highest BCUT2D eigenvalue weighted by Crippen LogP contribution is 1.95. The van der Waals surface area contributed by atoms with Gasteiger partial charge in [-0.3, -0.25) is 5.43 Å². The molecular formula is C8H18N2OS. The lowest BCUT2D eigenvalue weighted by Crippen LogP contribution is -2.46. The number of rotatable bonds is 5. The first-order valence-electron chi connectivity index (χ1n) is 4.48. The van der Waals surface area contributed by atoms with E-state index in [1.165, 1.54) is 12.2 Å². The largest absolute Gasteiger partial charge is 0.379 e. The van der Waals surface area contributed by atoms with Crippen LogP contribution < -0.4 is 5.43 Å². The average molecular weight is 190 g/mol. The molecular weight excluding hydrogens is 172 g/mol. The number of morpholine rings is 1. The van der Waals surface area contributed by atoms with Crippen LogP contribution in [-0.4, -0.2) is 49.9 Å². The van der Waals surface area contributed by atoms with Crippen molar-refractivity contribution in [2.75, 3.05) is 44.9 Å². The van der Waals surface area contributed by atoms with Crippen LogP contribution in [-0.2, 0) is 4.74 Å². The van der Waals surface area contributed by atoms with Gasteiger partial charge in [-0.05, 0) is 18.4 Å². The summed E-state index contributed by atoms with van der Waals surface area (Å²) in [7, 11) is 0. The Morgan fingerprint density at radius 1 is 1.42 bits per heavy atom. The smallest absolute Gasteiger partial charge is 0.0608 e. The molecule has 0 amide bonds. The summed E-state index contributed by atoms with van der Waals surface area (Å²) in [6, 6.07) is 0. The van der Waals surface area contributed by atoms with Gasteiger partial charge in [-0.2, -0.15) is 11.8 Å². The summed E-state index contributed by atoms with van der Waals surface area (Å²) in [5.41, 5.74) is 3.40. The lowest BCUT2D eigenvalue weighted by Gasteiger charge is -2.27. The van der Waals surface area contributed by atoms with Gasteiger partial charge in [0.25, 0.3) is 0 Å². The Bertz CT molecular complexity index is 107. The highest BCUT2D eigenvalue weighted by molar-refractivity contribution is 7.98. The molecule has 0 aromatic carbocycles. The predicted octanol–water partition coefficient (Wildman–Crippen LogP) is 0.576. The molecule has 1 aliphatic heterocycles. The third-order valence-electron chi connectivity index (χ3n) is 1.87. The fraction of sp³-hybridized carbons (Fsp3) is 1.00. The van der Waals surface area contributed by atoms with Crippen molar-refractivity contribution in [1.82, 2.24) is 10.4 Å². The number of nitrogens with zero attached hydrogens (tertiary/aromatic N) is 1. The summed E-state index contributed by atoms with van der Waals surface area (Å²) in [5, 5.41) is 2.25. The van der Waals surface area contributed by atoms with Crippen molar-refractivity contribution in [1.29, 1.82) is 0 Å². The summed E-state index contributed by atoms with van der Waals surface area (Å²) in [5.74, 6) is 1.25. The molecule has 0 aromatic heterocycles. The van der Waals surface area contributed by atoms with Crippen molar-refractivity contribution in [3.05, 3.63) is 0 Å². The molecule has 12 heavy (non-hydrogen) atoms. The molecule has 0 spiro atoms. The highest BCUT2D eigenvalue weighted by Gasteiger charge is 2.07. The first-order chi connectivity index (χ1) is 5.93. The molecule has 72 valence electrons. The van der Waals surface area contributed by atoms with E-state index in [1.54, 1.807) is 0 Å². The molecule has 1 aliphatic rings. The molecule has 0 radical (unpaired) electrons. The second-order valence-electron chi connectivity index (χ2n) is 2.85. The van der Waals surface area contributed by atoms with Crippen LogP contribution in [0.4, 0.5) is 0 Å². The molecule has 0 aromatic rings. The molecule has 0 atom stereocenters. The van der Waals surface area contributed by atoms with E-state index in [9.17, 15) is 0 Å². The van der Waals surface area contributed by atoms with Gasteiger partial charge in [-0.25, -0.2) is 5.01 Å². The van der Waals surface area contributed by atoms with Gasteiger partial charge >= 0.3 is 0 Å². The molecule has 1 heterocycles. The Hall–Kier alpha value is 0.230. The van der Waals surface area contributed by atoms with Gasteiger partial charge in [0.1, 0.15) is 0 Å². The van der Waals surface area contributed by atoms with E-state index in [1.807, 2.05) is 11.8 Å². The van der Waals surface area contributed by atoms with Gasteiger partial charge < -0.3 is 4.74 Å². The van der Waals surface area contributed by atoms with Gasteiger partial charge in [0.05, 0.1) is 13.2 Å². The number of nitrogens with one attached hydrogen (secondary N) is 1. The first kappa shape index (κ1) is 10.3. The quantitative estimate of drug-likeness (QED) is 0.641. The maximum atomic E-state index is 5.24. The zero-order chi connectivity index (χ0) is 8.65. The number of ether oxygens (including phenoxy) is 1. The van der Waals surface area contributed by atoms with Crippen LogP contribution >= 0.6 is 11.8 Å². The third-order valence-corrected chi connectivity index (χ3v) is 2.57. The van der Waals surface area contributed by atoms with Crippen LogP contribution in [0, 0.1) is 0 Å². The van der Waals surface area contributed by atoms with E-state index in [2.05, 4.69) is 16.7 Å². The minimum absolute atomic E-state index is 0.871. The molecule has 1 fully saturated rings. The number of hydrazine groups is 1. The topological polar surface area (TPSA) is 24.5 Å². The van der Waals surface area contributed by atoms with E-state index >= 15 is 0 Å². The fourth-order valence-electron chi connectivity index (χ4n) is 1.18. The van der Waals surface area contributed by atoms with Crippen LogP contribution in [0.1, 0.15) is 6.42 Å². The molecule has 1 saturated heterocycles. The zero-order valence-electron chi connectivity index (χ0n) is 7.71. The van der Waals surface area contributed by atoms with Crippen LogP contribution in [0.3, 0.4) is 0 Å². The van der Waals surface area contributed by atoms with Gasteiger partial charge in [0.2, 0.25) is 0 Å². The van der Waals surface area contributed by atoms with Crippen molar-refractivity contribution in [2.24, 2.45) is 0 Å². The van der Waals surface area contributed by atoms with Gasteiger partial charge in [-0.15, -0.1) is 0 Å². The minimum atomic E-state index is 0.871. The Morgan fingerprint density at radius 3 is 2.83 bits per heavy atom. The van der Waals surface area contributed by atoms with Crippen LogP contribution in [0.15, 0.2) is 0 Å².